The number of carbonyl (C=O) groups excluding carboxylic acids is 1. The second-order valence-corrected chi connectivity index (χ2v) is 5.83. The molecule has 0 aliphatic carbocycles. The first kappa shape index (κ1) is 14.0. The van der Waals surface area contributed by atoms with Crippen LogP contribution in [0.15, 0.2) is 34.3 Å². The van der Waals surface area contributed by atoms with Gasteiger partial charge in [0, 0.05) is 11.0 Å². The molecule has 0 fully saturated rings. The first-order valence-electron chi connectivity index (χ1n) is 6.25. The average Bonchev–Trinajstić information content (AvgIpc) is 3.07. The second kappa shape index (κ2) is 7.26. The minimum absolute atomic E-state index is 0.265. The SMILES string of the molecule is CCCCOC(=O)/C=C/c1cc(-c2ccsc2)cs1. The van der Waals surface area contributed by atoms with Gasteiger partial charge < -0.3 is 4.74 Å². The summed E-state index contributed by atoms with van der Waals surface area (Å²) in [5.74, 6) is -0.265. The minimum Gasteiger partial charge on any atom is -0.463 e. The maximum atomic E-state index is 11.4. The standard InChI is InChI=1S/C15H16O2S2/c1-2-3-7-17-15(16)5-4-14-9-13(11-19-14)12-6-8-18-10-12/h4-6,8-11H,2-3,7H2,1H3/b5-4+. The number of hydrogen-bond donors (Lipinski definition) is 0. The van der Waals surface area contributed by atoms with Crippen molar-refractivity contribution in [2.24, 2.45) is 0 Å². The molecular formula is C15H16O2S2. The molecule has 0 atom stereocenters. The van der Waals surface area contributed by atoms with Crippen LogP contribution in [0.5, 0.6) is 0 Å². The monoisotopic (exact) mass is 292 g/mol. The minimum atomic E-state index is -0.265. The van der Waals surface area contributed by atoms with Crippen molar-refractivity contribution in [3.05, 3.63) is 39.2 Å². The van der Waals surface area contributed by atoms with Gasteiger partial charge in [-0.05, 0) is 51.9 Å². The molecule has 0 radical (unpaired) electrons. The molecule has 0 amide bonds. The highest BCUT2D eigenvalue weighted by Crippen LogP contribution is 2.27. The molecule has 0 saturated carbocycles. The largest absolute Gasteiger partial charge is 0.463 e. The van der Waals surface area contributed by atoms with E-state index in [1.165, 1.54) is 17.2 Å². The fraction of sp³-hybridized carbons (Fsp3) is 0.267. The van der Waals surface area contributed by atoms with Gasteiger partial charge in [-0.25, -0.2) is 4.79 Å². The van der Waals surface area contributed by atoms with Crippen LogP contribution in [0.3, 0.4) is 0 Å². The molecule has 2 aromatic rings. The smallest absolute Gasteiger partial charge is 0.330 e. The van der Waals surface area contributed by atoms with Crippen molar-refractivity contribution in [3.8, 4) is 11.1 Å². The topological polar surface area (TPSA) is 26.3 Å². The van der Waals surface area contributed by atoms with Gasteiger partial charge in [-0.3, -0.25) is 0 Å². The van der Waals surface area contributed by atoms with Gasteiger partial charge in [0.25, 0.3) is 0 Å². The summed E-state index contributed by atoms with van der Waals surface area (Å²) in [4.78, 5) is 12.5. The van der Waals surface area contributed by atoms with E-state index in [0.717, 1.165) is 17.7 Å². The maximum Gasteiger partial charge on any atom is 0.330 e. The first-order valence-corrected chi connectivity index (χ1v) is 8.08. The highest BCUT2D eigenvalue weighted by atomic mass is 32.1. The van der Waals surface area contributed by atoms with Crippen molar-refractivity contribution in [1.82, 2.24) is 0 Å². The van der Waals surface area contributed by atoms with Crippen molar-refractivity contribution < 1.29 is 9.53 Å². The average molecular weight is 292 g/mol. The fourth-order valence-corrected chi connectivity index (χ4v) is 3.01. The molecule has 0 spiro atoms. The van der Waals surface area contributed by atoms with Crippen LogP contribution in [0.4, 0.5) is 0 Å². The van der Waals surface area contributed by atoms with Gasteiger partial charge in [0.15, 0.2) is 0 Å². The lowest BCUT2D eigenvalue weighted by Gasteiger charge is -1.98. The van der Waals surface area contributed by atoms with E-state index in [0.29, 0.717) is 6.61 Å². The molecule has 2 aromatic heterocycles. The van der Waals surface area contributed by atoms with Crippen LogP contribution in [0.1, 0.15) is 24.6 Å². The van der Waals surface area contributed by atoms with E-state index in [9.17, 15) is 4.79 Å². The predicted molar refractivity (Wildman–Crippen MR) is 82.5 cm³/mol. The van der Waals surface area contributed by atoms with E-state index in [2.05, 4.69) is 35.2 Å². The van der Waals surface area contributed by atoms with Crippen LogP contribution in [0.2, 0.25) is 0 Å². The number of thiophene rings is 2. The molecule has 0 bridgehead atoms. The summed E-state index contributed by atoms with van der Waals surface area (Å²) >= 11 is 3.31. The zero-order valence-corrected chi connectivity index (χ0v) is 12.4. The number of hydrogen-bond acceptors (Lipinski definition) is 4. The Morgan fingerprint density at radius 3 is 3.00 bits per heavy atom. The van der Waals surface area contributed by atoms with Gasteiger partial charge in [-0.15, -0.1) is 11.3 Å². The maximum absolute atomic E-state index is 11.4. The van der Waals surface area contributed by atoms with Crippen molar-refractivity contribution in [2.75, 3.05) is 6.61 Å². The lowest BCUT2D eigenvalue weighted by molar-refractivity contribution is -0.137. The van der Waals surface area contributed by atoms with Crippen LogP contribution in [0, 0.1) is 0 Å². The molecule has 4 heteroatoms. The third-order valence-electron chi connectivity index (χ3n) is 2.60. The van der Waals surface area contributed by atoms with E-state index in [1.54, 1.807) is 22.7 Å². The van der Waals surface area contributed by atoms with E-state index in [-0.39, 0.29) is 5.97 Å². The molecule has 2 nitrogen and oxygen atoms in total. The number of rotatable bonds is 6. The summed E-state index contributed by atoms with van der Waals surface area (Å²) in [5, 5.41) is 6.28. The molecule has 2 rings (SSSR count). The zero-order chi connectivity index (χ0) is 13.5. The lowest BCUT2D eigenvalue weighted by Crippen LogP contribution is -2.01. The second-order valence-electron chi connectivity index (χ2n) is 4.10. The Balaban J connectivity index is 1.91. The quantitative estimate of drug-likeness (QED) is 0.433. The molecule has 0 aliphatic rings. The Kier molecular flexibility index (Phi) is 5.36. The molecule has 100 valence electrons. The van der Waals surface area contributed by atoms with E-state index in [1.807, 2.05) is 6.08 Å². The summed E-state index contributed by atoms with van der Waals surface area (Å²) in [7, 11) is 0. The van der Waals surface area contributed by atoms with Crippen LogP contribution >= 0.6 is 22.7 Å². The van der Waals surface area contributed by atoms with Crippen LogP contribution in [0.25, 0.3) is 17.2 Å². The van der Waals surface area contributed by atoms with Crippen molar-refractivity contribution in [2.45, 2.75) is 19.8 Å². The number of carbonyl (C=O) groups is 1. The van der Waals surface area contributed by atoms with Crippen LogP contribution in [-0.4, -0.2) is 12.6 Å². The molecule has 0 unspecified atom stereocenters. The Bertz CT molecular complexity index is 538. The predicted octanol–water partition coefficient (Wildman–Crippen LogP) is 4.83. The van der Waals surface area contributed by atoms with E-state index < -0.39 is 0 Å². The molecular weight excluding hydrogens is 276 g/mol. The molecule has 0 saturated heterocycles. The normalized spacial score (nSPS) is 11.0. The number of ether oxygens (including phenoxy) is 1. The molecule has 0 aliphatic heterocycles. The van der Waals surface area contributed by atoms with Crippen molar-refractivity contribution in [1.29, 1.82) is 0 Å². The van der Waals surface area contributed by atoms with E-state index in [4.69, 9.17) is 4.74 Å². The van der Waals surface area contributed by atoms with E-state index >= 15 is 0 Å². The van der Waals surface area contributed by atoms with Gasteiger partial charge in [0.1, 0.15) is 0 Å². The first-order chi connectivity index (χ1) is 9.29. The van der Waals surface area contributed by atoms with Gasteiger partial charge in [0.05, 0.1) is 6.61 Å². The zero-order valence-electron chi connectivity index (χ0n) is 10.8. The Labute approximate surface area is 121 Å². The number of esters is 1. The molecule has 19 heavy (non-hydrogen) atoms. The van der Waals surface area contributed by atoms with Crippen LogP contribution in [-0.2, 0) is 9.53 Å². The molecule has 2 heterocycles. The van der Waals surface area contributed by atoms with Crippen LogP contribution < -0.4 is 0 Å². The van der Waals surface area contributed by atoms with Gasteiger partial charge >= 0.3 is 5.97 Å². The van der Waals surface area contributed by atoms with Gasteiger partial charge in [-0.1, -0.05) is 13.3 Å². The van der Waals surface area contributed by atoms with Gasteiger partial charge in [-0.2, -0.15) is 11.3 Å². The summed E-state index contributed by atoms with van der Waals surface area (Å²) in [6.07, 6.45) is 5.26. The number of unbranched alkanes of at least 4 members (excludes halogenated alkanes) is 1. The highest BCUT2D eigenvalue weighted by molar-refractivity contribution is 7.11. The third kappa shape index (κ3) is 4.33. The molecule has 0 aromatic carbocycles. The third-order valence-corrected chi connectivity index (χ3v) is 4.18. The fourth-order valence-electron chi connectivity index (χ4n) is 1.54. The summed E-state index contributed by atoms with van der Waals surface area (Å²) in [5.41, 5.74) is 2.43. The highest BCUT2D eigenvalue weighted by Gasteiger charge is 2.02. The van der Waals surface area contributed by atoms with Crippen molar-refractivity contribution in [3.63, 3.8) is 0 Å². The van der Waals surface area contributed by atoms with Gasteiger partial charge in [0.2, 0.25) is 0 Å². The van der Waals surface area contributed by atoms with Crippen molar-refractivity contribution >= 4 is 34.7 Å². The Morgan fingerprint density at radius 2 is 2.26 bits per heavy atom. The lowest BCUT2D eigenvalue weighted by atomic mass is 10.2. The summed E-state index contributed by atoms with van der Waals surface area (Å²) in [6, 6.07) is 4.18. The summed E-state index contributed by atoms with van der Waals surface area (Å²) in [6.45, 7) is 2.57. The Morgan fingerprint density at radius 1 is 1.37 bits per heavy atom. The summed E-state index contributed by atoms with van der Waals surface area (Å²) < 4.78 is 5.06. The Hall–Kier alpha value is -1.39. The molecule has 0 N–H and O–H groups in total.